The average molecular weight is 183 g/mol. The number of carboxylic acids is 1. The first-order valence-electron chi connectivity index (χ1n) is 5.16. The van der Waals surface area contributed by atoms with Crippen molar-refractivity contribution < 1.29 is 9.90 Å². The predicted molar refractivity (Wildman–Crippen MR) is 49.5 cm³/mol. The molecule has 2 fully saturated rings. The molecule has 74 valence electrons. The maximum absolute atomic E-state index is 11.2. The van der Waals surface area contributed by atoms with Crippen LogP contribution in [0.5, 0.6) is 0 Å². The summed E-state index contributed by atoms with van der Waals surface area (Å²) in [7, 11) is 0. The smallest absolute Gasteiger partial charge is 0.324 e. The molecule has 0 spiro atoms. The Bertz CT molecular complexity index is 229. The van der Waals surface area contributed by atoms with Crippen molar-refractivity contribution >= 4 is 5.97 Å². The standard InChI is InChI=1S/C10H17NO2/c1-7-6-8-4-2-3-5-10(8,11-7)9(12)13/h7-8,11H,2-6H2,1H3,(H,12,13)/t7-,8+,10+/m1/s1. The number of carbonyl (C=O) groups is 1. The first-order valence-corrected chi connectivity index (χ1v) is 5.16. The van der Waals surface area contributed by atoms with Gasteiger partial charge in [0.2, 0.25) is 0 Å². The number of nitrogens with one attached hydrogen (secondary N) is 1. The van der Waals surface area contributed by atoms with Crippen molar-refractivity contribution in [1.29, 1.82) is 0 Å². The van der Waals surface area contributed by atoms with Gasteiger partial charge in [-0.15, -0.1) is 0 Å². The van der Waals surface area contributed by atoms with Crippen molar-refractivity contribution in [3.8, 4) is 0 Å². The van der Waals surface area contributed by atoms with Gasteiger partial charge in [-0.05, 0) is 32.1 Å². The lowest BCUT2D eigenvalue weighted by Crippen LogP contribution is -2.54. The molecule has 0 aromatic carbocycles. The summed E-state index contributed by atoms with van der Waals surface area (Å²) >= 11 is 0. The van der Waals surface area contributed by atoms with Crippen LogP contribution in [-0.4, -0.2) is 22.7 Å². The molecular formula is C10H17NO2. The second kappa shape index (κ2) is 2.98. The molecule has 0 bridgehead atoms. The van der Waals surface area contributed by atoms with Gasteiger partial charge in [0, 0.05) is 6.04 Å². The topological polar surface area (TPSA) is 49.3 Å². The highest BCUT2D eigenvalue weighted by Gasteiger charge is 2.52. The minimum absolute atomic E-state index is 0.369. The summed E-state index contributed by atoms with van der Waals surface area (Å²) in [5.41, 5.74) is -0.572. The molecule has 2 aliphatic rings. The van der Waals surface area contributed by atoms with Crippen LogP contribution in [0.3, 0.4) is 0 Å². The van der Waals surface area contributed by atoms with Crippen LogP contribution in [0, 0.1) is 5.92 Å². The number of hydrogen-bond acceptors (Lipinski definition) is 2. The van der Waals surface area contributed by atoms with Gasteiger partial charge in [0.1, 0.15) is 5.54 Å². The molecule has 0 unspecified atom stereocenters. The fourth-order valence-corrected chi connectivity index (χ4v) is 3.02. The molecule has 1 aliphatic carbocycles. The molecule has 1 heterocycles. The molecule has 0 aromatic rings. The number of rotatable bonds is 1. The van der Waals surface area contributed by atoms with E-state index in [-0.39, 0.29) is 0 Å². The van der Waals surface area contributed by atoms with Crippen LogP contribution in [-0.2, 0) is 4.79 Å². The summed E-state index contributed by atoms with van der Waals surface area (Å²) < 4.78 is 0. The molecule has 13 heavy (non-hydrogen) atoms. The summed E-state index contributed by atoms with van der Waals surface area (Å²) in [6.07, 6.45) is 5.20. The Morgan fingerprint density at radius 2 is 2.31 bits per heavy atom. The van der Waals surface area contributed by atoms with Gasteiger partial charge in [0.15, 0.2) is 0 Å². The molecular weight excluding hydrogens is 166 g/mol. The molecule has 3 heteroatoms. The zero-order valence-electron chi connectivity index (χ0n) is 8.05. The largest absolute Gasteiger partial charge is 0.480 e. The maximum Gasteiger partial charge on any atom is 0.324 e. The Morgan fingerprint density at radius 3 is 2.92 bits per heavy atom. The Kier molecular flexibility index (Phi) is 2.06. The lowest BCUT2D eigenvalue weighted by Gasteiger charge is -2.35. The van der Waals surface area contributed by atoms with Gasteiger partial charge in [0.25, 0.3) is 0 Å². The van der Waals surface area contributed by atoms with E-state index in [1.54, 1.807) is 0 Å². The van der Waals surface area contributed by atoms with Crippen molar-refractivity contribution in [3.05, 3.63) is 0 Å². The molecule has 1 saturated heterocycles. The molecule has 2 N–H and O–H groups in total. The normalized spacial score (nSPS) is 44.4. The first kappa shape index (κ1) is 9.00. The first-order chi connectivity index (χ1) is 6.15. The SMILES string of the molecule is C[C@@H]1C[C@@H]2CCCC[C@]2(C(=O)O)N1. The molecule has 1 aliphatic heterocycles. The second-order valence-corrected chi connectivity index (χ2v) is 4.50. The number of aliphatic carboxylic acids is 1. The third-order valence-corrected chi connectivity index (χ3v) is 3.59. The van der Waals surface area contributed by atoms with Crippen LogP contribution in [0.4, 0.5) is 0 Å². The van der Waals surface area contributed by atoms with Crippen molar-refractivity contribution in [2.75, 3.05) is 0 Å². The average Bonchev–Trinajstić information content (AvgIpc) is 2.41. The molecule has 0 radical (unpaired) electrons. The van der Waals surface area contributed by atoms with Gasteiger partial charge < -0.3 is 5.11 Å². The van der Waals surface area contributed by atoms with E-state index in [0.717, 1.165) is 25.7 Å². The quantitative estimate of drug-likeness (QED) is 0.645. The second-order valence-electron chi connectivity index (χ2n) is 4.50. The van der Waals surface area contributed by atoms with Crippen LogP contribution in [0.1, 0.15) is 39.0 Å². The van der Waals surface area contributed by atoms with E-state index >= 15 is 0 Å². The van der Waals surface area contributed by atoms with E-state index in [2.05, 4.69) is 12.2 Å². The highest BCUT2D eigenvalue weighted by Crippen LogP contribution is 2.41. The molecule has 1 saturated carbocycles. The molecule has 3 atom stereocenters. The van der Waals surface area contributed by atoms with Gasteiger partial charge in [-0.1, -0.05) is 12.8 Å². The maximum atomic E-state index is 11.2. The van der Waals surface area contributed by atoms with Crippen molar-refractivity contribution in [3.63, 3.8) is 0 Å². The van der Waals surface area contributed by atoms with E-state index in [0.29, 0.717) is 12.0 Å². The summed E-state index contributed by atoms with van der Waals surface area (Å²) in [5.74, 6) is -0.268. The minimum Gasteiger partial charge on any atom is -0.480 e. The van der Waals surface area contributed by atoms with Crippen LogP contribution in [0.15, 0.2) is 0 Å². The van der Waals surface area contributed by atoms with Crippen LogP contribution >= 0.6 is 0 Å². The Morgan fingerprint density at radius 1 is 1.54 bits per heavy atom. The van der Waals surface area contributed by atoms with E-state index in [4.69, 9.17) is 0 Å². The molecule has 2 rings (SSSR count). The number of hydrogen-bond donors (Lipinski definition) is 2. The van der Waals surface area contributed by atoms with Gasteiger partial charge >= 0.3 is 5.97 Å². The Hall–Kier alpha value is -0.570. The fraction of sp³-hybridized carbons (Fsp3) is 0.900. The van der Waals surface area contributed by atoms with Crippen molar-refractivity contribution in [1.82, 2.24) is 5.32 Å². The van der Waals surface area contributed by atoms with Gasteiger partial charge in [0.05, 0.1) is 0 Å². The summed E-state index contributed by atoms with van der Waals surface area (Å²) in [5, 5.41) is 12.5. The molecule has 0 amide bonds. The van der Waals surface area contributed by atoms with E-state index < -0.39 is 11.5 Å². The lowest BCUT2D eigenvalue weighted by molar-refractivity contribution is -0.147. The zero-order chi connectivity index (χ0) is 9.47. The third-order valence-electron chi connectivity index (χ3n) is 3.59. The third kappa shape index (κ3) is 1.26. The highest BCUT2D eigenvalue weighted by molar-refractivity contribution is 5.80. The highest BCUT2D eigenvalue weighted by atomic mass is 16.4. The van der Waals surface area contributed by atoms with Crippen LogP contribution in [0.25, 0.3) is 0 Å². The predicted octanol–water partition coefficient (Wildman–Crippen LogP) is 1.38. The number of fused-ring (bicyclic) bond motifs is 1. The monoisotopic (exact) mass is 183 g/mol. The van der Waals surface area contributed by atoms with E-state index in [1.807, 2.05) is 0 Å². The number of carboxylic acid groups (broad SMARTS) is 1. The summed E-state index contributed by atoms with van der Waals surface area (Å²) in [4.78, 5) is 11.2. The summed E-state index contributed by atoms with van der Waals surface area (Å²) in [6, 6.07) is 0.374. The fourth-order valence-electron chi connectivity index (χ4n) is 3.02. The van der Waals surface area contributed by atoms with E-state index in [9.17, 15) is 9.90 Å². The molecule has 3 nitrogen and oxygen atoms in total. The van der Waals surface area contributed by atoms with Gasteiger partial charge in [-0.2, -0.15) is 0 Å². The Labute approximate surface area is 78.5 Å². The van der Waals surface area contributed by atoms with Crippen LogP contribution < -0.4 is 5.32 Å². The minimum atomic E-state index is -0.637. The van der Waals surface area contributed by atoms with E-state index in [1.165, 1.54) is 6.42 Å². The van der Waals surface area contributed by atoms with Crippen LogP contribution in [0.2, 0.25) is 0 Å². The van der Waals surface area contributed by atoms with Gasteiger partial charge in [-0.25, -0.2) is 0 Å². The van der Waals surface area contributed by atoms with Gasteiger partial charge in [-0.3, -0.25) is 10.1 Å². The molecule has 0 aromatic heterocycles. The zero-order valence-corrected chi connectivity index (χ0v) is 8.05. The van der Waals surface area contributed by atoms with Crippen molar-refractivity contribution in [2.45, 2.75) is 50.6 Å². The summed E-state index contributed by atoms with van der Waals surface area (Å²) in [6.45, 7) is 2.09. The lowest BCUT2D eigenvalue weighted by atomic mass is 9.74. The van der Waals surface area contributed by atoms with Crippen molar-refractivity contribution in [2.24, 2.45) is 5.92 Å². The Balaban J connectivity index is 2.24.